The Bertz CT molecular complexity index is 1020. The smallest absolute Gasteiger partial charge is 0.422 e. The fourth-order valence-electron chi connectivity index (χ4n) is 2.72. The van der Waals surface area contributed by atoms with Crippen molar-refractivity contribution in [3.63, 3.8) is 0 Å². The summed E-state index contributed by atoms with van der Waals surface area (Å²) in [6.45, 7) is 6.19. The van der Waals surface area contributed by atoms with Crippen LogP contribution in [0.25, 0.3) is 22.3 Å². The quantitative estimate of drug-likeness (QED) is 0.257. The van der Waals surface area contributed by atoms with Crippen molar-refractivity contribution in [2.75, 3.05) is 13.2 Å². The van der Waals surface area contributed by atoms with Gasteiger partial charge in [-0.3, -0.25) is 0 Å². The van der Waals surface area contributed by atoms with Gasteiger partial charge in [0.2, 0.25) is 0 Å². The molecule has 0 saturated carbocycles. The molecule has 3 heterocycles. The van der Waals surface area contributed by atoms with E-state index in [-0.39, 0.29) is 12.7 Å². The number of hydrogen-bond donors (Lipinski definition) is 0. The summed E-state index contributed by atoms with van der Waals surface area (Å²) in [6.07, 6.45) is -1.49. The second-order valence-corrected chi connectivity index (χ2v) is 14.0. The Morgan fingerprint density at radius 2 is 1.93 bits per heavy atom. The monoisotopic (exact) mass is 458 g/mol. The van der Waals surface area contributed by atoms with Crippen LogP contribution in [0.5, 0.6) is 6.01 Å². The van der Waals surface area contributed by atoms with E-state index >= 15 is 0 Å². The fourth-order valence-corrected chi connectivity index (χ4v) is 3.62. The highest BCUT2D eigenvalue weighted by molar-refractivity contribution is 6.76. The highest BCUT2D eigenvalue weighted by Crippen LogP contribution is 2.29. The molecule has 0 bridgehead atoms. The highest BCUT2D eigenvalue weighted by atomic mass is 35.5. The molecule has 30 heavy (non-hydrogen) atoms. The molecular formula is C19H22ClF3N4O2Si. The van der Waals surface area contributed by atoms with Crippen LogP contribution in [0.3, 0.4) is 0 Å². The zero-order chi connectivity index (χ0) is 21.9. The molecular weight excluding hydrogens is 437 g/mol. The van der Waals surface area contributed by atoms with E-state index < -0.39 is 20.9 Å². The third-order valence-electron chi connectivity index (χ3n) is 4.23. The van der Waals surface area contributed by atoms with Crippen LogP contribution in [0.1, 0.15) is 0 Å². The molecule has 0 unspecified atom stereocenters. The van der Waals surface area contributed by atoms with E-state index in [4.69, 9.17) is 16.3 Å². The van der Waals surface area contributed by atoms with Crippen LogP contribution in [0, 0.1) is 0 Å². The molecule has 3 rings (SSSR count). The summed E-state index contributed by atoms with van der Waals surface area (Å²) in [5.41, 5.74) is 1.83. The van der Waals surface area contributed by atoms with Gasteiger partial charge >= 0.3 is 12.2 Å². The van der Waals surface area contributed by atoms with Crippen LogP contribution in [0.15, 0.2) is 30.6 Å². The minimum absolute atomic E-state index is 0.242. The molecule has 0 N–H and O–H groups in total. The van der Waals surface area contributed by atoms with Crippen molar-refractivity contribution in [3.8, 4) is 17.4 Å². The molecule has 0 fully saturated rings. The Labute approximate surface area is 178 Å². The van der Waals surface area contributed by atoms with E-state index in [9.17, 15) is 13.2 Å². The van der Waals surface area contributed by atoms with Crippen molar-refractivity contribution in [1.29, 1.82) is 0 Å². The molecule has 0 radical (unpaired) electrons. The number of hydrogen-bond acceptors (Lipinski definition) is 5. The maximum absolute atomic E-state index is 12.4. The van der Waals surface area contributed by atoms with Gasteiger partial charge in [-0.15, -0.1) is 0 Å². The number of fused-ring (bicyclic) bond motifs is 1. The minimum Gasteiger partial charge on any atom is -0.454 e. The summed E-state index contributed by atoms with van der Waals surface area (Å²) in [5, 5.41) is 1.13. The van der Waals surface area contributed by atoms with E-state index in [1.165, 1.54) is 6.20 Å². The summed E-state index contributed by atoms with van der Waals surface area (Å²) >= 11 is 6.06. The number of alkyl halides is 3. The van der Waals surface area contributed by atoms with Crippen LogP contribution >= 0.6 is 11.6 Å². The number of aromatic nitrogens is 4. The number of rotatable bonds is 8. The predicted octanol–water partition coefficient (Wildman–Crippen LogP) is 5.40. The number of nitrogens with zero attached hydrogens (tertiary/aromatic N) is 4. The Hall–Kier alpha value is -2.17. The third-order valence-corrected chi connectivity index (χ3v) is 6.14. The molecule has 11 heteroatoms. The normalized spacial score (nSPS) is 12.5. The second kappa shape index (κ2) is 8.91. The molecule has 3 aromatic heterocycles. The summed E-state index contributed by atoms with van der Waals surface area (Å²) in [6, 6.07) is 5.80. The SMILES string of the molecule is C[Si](C)(C)CCOCn1c(-c2ccnc(OCC(F)(F)F)n2)cc2cnc(Cl)cc21. The summed E-state index contributed by atoms with van der Waals surface area (Å²) in [4.78, 5) is 12.0. The van der Waals surface area contributed by atoms with Crippen molar-refractivity contribution in [3.05, 3.63) is 35.7 Å². The van der Waals surface area contributed by atoms with Crippen LogP contribution in [-0.4, -0.2) is 47.0 Å². The van der Waals surface area contributed by atoms with Gasteiger partial charge in [-0.1, -0.05) is 31.2 Å². The van der Waals surface area contributed by atoms with Crippen LogP contribution in [-0.2, 0) is 11.5 Å². The second-order valence-electron chi connectivity index (χ2n) is 8.00. The molecule has 0 atom stereocenters. The van der Waals surface area contributed by atoms with Crippen molar-refractivity contribution < 1.29 is 22.6 Å². The van der Waals surface area contributed by atoms with Gasteiger partial charge in [-0.2, -0.15) is 18.2 Å². The first-order valence-electron chi connectivity index (χ1n) is 9.27. The first-order valence-corrected chi connectivity index (χ1v) is 13.4. The summed E-state index contributed by atoms with van der Waals surface area (Å²) in [7, 11) is -1.25. The maximum Gasteiger partial charge on any atom is 0.422 e. The lowest BCUT2D eigenvalue weighted by atomic mass is 10.3. The molecule has 6 nitrogen and oxygen atoms in total. The first kappa shape index (κ1) is 22.5. The fraction of sp³-hybridized carbons (Fsp3) is 0.421. The van der Waals surface area contributed by atoms with Crippen molar-refractivity contribution >= 4 is 30.6 Å². The third kappa shape index (κ3) is 6.16. The zero-order valence-corrected chi connectivity index (χ0v) is 18.6. The standard InChI is InChI=1S/C19H22ClF3N4O2Si/c1-30(2,3)7-6-28-12-27-15-9-17(20)25-10-13(15)8-16(27)14-4-5-24-18(26-14)29-11-19(21,22)23/h4-5,8-10H,6-7,11-12H2,1-3H3. The Morgan fingerprint density at radius 3 is 2.63 bits per heavy atom. The van der Waals surface area contributed by atoms with E-state index in [1.807, 2.05) is 10.6 Å². The lowest BCUT2D eigenvalue weighted by molar-refractivity contribution is -0.154. The number of ether oxygens (including phenoxy) is 2. The minimum atomic E-state index is -4.47. The van der Waals surface area contributed by atoms with Gasteiger partial charge in [0.25, 0.3) is 0 Å². The van der Waals surface area contributed by atoms with Crippen molar-refractivity contribution in [2.45, 2.75) is 38.6 Å². The lowest BCUT2D eigenvalue weighted by Crippen LogP contribution is -2.22. The molecule has 0 aliphatic carbocycles. The number of pyridine rings is 1. The van der Waals surface area contributed by atoms with Gasteiger partial charge in [0.15, 0.2) is 6.61 Å². The molecule has 0 spiro atoms. The van der Waals surface area contributed by atoms with Gasteiger partial charge in [-0.05, 0) is 24.2 Å². The maximum atomic E-state index is 12.4. The molecule has 3 aromatic rings. The van der Waals surface area contributed by atoms with Crippen molar-refractivity contribution in [1.82, 2.24) is 19.5 Å². The molecule has 0 aliphatic rings. The van der Waals surface area contributed by atoms with E-state index in [1.54, 1.807) is 18.3 Å². The Kier molecular flexibility index (Phi) is 6.68. The van der Waals surface area contributed by atoms with Gasteiger partial charge in [0.1, 0.15) is 11.9 Å². The van der Waals surface area contributed by atoms with Gasteiger partial charge in [0, 0.05) is 32.5 Å². The summed E-state index contributed by atoms with van der Waals surface area (Å²) in [5.74, 6) is 0. The molecule has 0 saturated heterocycles. The van der Waals surface area contributed by atoms with Gasteiger partial charge in [0.05, 0.1) is 16.9 Å². The van der Waals surface area contributed by atoms with Gasteiger partial charge in [-0.25, -0.2) is 9.97 Å². The van der Waals surface area contributed by atoms with Crippen LogP contribution < -0.4 is 4.74 Å². The largest absolute Gasteiger partial charge is 0.454 e. The Balaban J connectivity index is 1.91. The van der Waals surface area contributed by atoms with E-state index in [2.05, 4.69) is 39.3 Å². The molecule has 0 aliphatic heterocycles. The average molecular weight is 459 g/mol. The highest BCUT2D eigenvalue weighted by Gasteiger charge is 2.29. The van der Waals surface area contributed by atoms with E-state index in [0.717, 1.165) is 16.9 Å². The van der Waals surface area contributed by atoms with Gasteiger partial charge < -0.3 is 14.0 Å². The van der Waals surface area contributed by atoms with Crippen LogP contribution in [0.2, 0.25) is 30.8 Å². The average Bonchev–Trinajstić information content (AvgIpc) is 3.00. The summed E-state index contributed by atoms with van der Waals surface area (Å²) < 4.78 is 49.8. The molecule has 0 amide bonds. The van der Waals surface area contributed by atoms with Crippen molar-refractivity contribution in [2.24, 2.45) is 0 Å². The Morgan fingerprint density at radius 1 is 1.17 bits per heavy atom. The zero-order valence-electron chi connectivity index (χ0n) is 16.8. The lowest BCUT2D eigenvalue weighted by Gasteiger charge is -2.17. The predicted molar refractivity (Wildman–Crippen MR) is 111 cm³/mol. The molecule has 162 valence electrons. The first-order chi connectivity index (χ1) is 14.0. The number of halogens is 4. The van der Waals surface area contributed by atoms with Crippen LogP contribution in [0.4, 0.5) is 13.2 Å². The van der Waals surface area contributed by atoms with E-state index in [0.29, 0.717) is 23.1 Å². The topological polar surface area (TPSA) is 62.1 Å². The molecule has 0 aromatic carbocycles.